The molecule has 1 aromatic rings. The summed E-state index contributed by atoms with van der Waals surface area (Å²) in [7, 11) is -3.17. The minimum atomic E-state index is -3.17. The van der Waals surface area contributed by atoms with Crippen molar-refractivity contribution < 1.29 is 17.9 Å². The topological polar surface area (TPSA) is 55.8 Å². The number of sulfonamides is 1. The van der Waals surface area contributed by atoms with Gasteiger partial charge in [-0.25, -0.2) is 12.7 Å². The largest absolute Gasteiger partial charge is 0.490 e. The van der Waals surface area contributed by atoms with E-state index in [9.17, 15) is 8.42 Å². The van der Waals surface area contributed by atoms with Gasteiger partial charge in [0.15, 0.2) is 11.5 Å². The van der Waals surface area contributed by atoms with Crippen LogP contribution in [0.25, 0.3) is 0 Å². The molecule has 140 valence electrons. The Morgan fingerprint density at radius 1 is 1.16 bits per heavy atom. The molecule has 25 heavy (non-hydrogen) atoms. The number of nitrogens with zero attached hydrogens (tertiary/aromatic N) is 1. The van der Waals surface area contributed by atoms with Gasteiger partial charge in [0.1, 0.15) is 5.60 Å². The highest BCUT2D eigenvalue weighted by atomic mass is 32.2. The van der Waals surface area contributed by atoms with Crippen molar-refractivity contribution in [1.29, 1.82) is 0 Å². The summed E-state index contributed by atoms with van der Waals surface area (Å²) in [5.41, 5.74) is 0.942. The van der Waals surface area contributed by atoms with Crippen LogP contribution in [0.4, 0.5) is 0 Å². The minimum Gasteiger partial charge on any atom is -0.490 e. The molecule has 1 aromatic carbocycles. The molecule has 0 bridgehead atoms. The van der Waals surface area contributed by atoms with Crippen LogP contribution in [0.2, 0.25) is 0 Å². The van der Waals surface area contributed by atoms with Crippen molar-refractivity contribution >= 4 is 10.0 Å². The highest BCUT2D eigenvalue weighted by molar-refractivity contribution is 7.89. The van der Waals surface area contributed by atoms with E-state index in [4.69, 9.17) is 9.47 Å². The summed E-state index contributed by atoms with van der Waals surface area (Å²) in [5.74, 6) is 1.67. The standard InChI is InChI=1S/C19H29NO4S/c1-19(2)15-16-9-7-10-17(18(16)24-19)23-13-8-14-25(21,22)20-11-5-3-4-6-12-20/h7,9-10H,3-6,8,11-15H2,1-2H3. The Bertz CT molecular complexity index is 691. The lowest BCUT2D eigenvalue weighted by Gasteiger charge is -2.20. The van der Waals surface area contributed by atoms with Crippen LogP contribution in [-0.2, 0) is 16.4 Å². The van der Waals surface area contributed by atoms with Gasteiger partial charge in [0, 0.05) is 25.1 Å². The number of fused-ring (bicyclic) bond motifs is 1. The van der Waals surface area contributed by atoms with Gasteiger partial charge in [0.05, 0.1) is 12.4 Å². The molecule has 1 fully saturated rings. The fourth-order valence-electron chi connectivity index (χ4n) is 3.57. The van der Waals surface area contributed by atoms with Crippen molar-refractivity contribution in [2.75, 3.05) is 25.4 Å². The Morgan fingerprint density at radius 2 is 1.88 bits per heavy atom. The predicted molar refractivity (Wildman–Crippen MR) is 98.8 cm³/mol. The zero-order valence-corrected chi connectivity index (χ0v) is 16.1. The third kappa shape index (κ3) is 4.67. The van der Waals surface area contributed by atoms with E-state index >= 15 is 0 Å². The zero-order valence-electron chi connectivity index (χ0n) is 15.3. The molecule has 0 aliphatic carbocycles. The molecule has 0 aromatic heterocycles. The van der Waals surface area contributed by atoms with Crippen molar-refractivity contribution in [3.05, 3.63) is 23.8 Å². The molecule has 0 amide bonds. The van der Waals surface area contributed by atoms with Gasteiger partial charge in [0.2, 0.25) is 10.0 Å². The number of ether oxygens (including phenoxy) is 2. The fourth-order valence-corrected chi connectivity index (χ4v) is 5.13. The first-order valence-electron chi connectivity index (χ1n) is 9.29. The van der Waals surface area contributed by atoms with E-state index < -0.39 is 10.0 Å². The number of hydrogen-bond acceptors (Lipinski definition) is 4. The number of benzene rings is 1. The molecule has 0 atom stereocenters. The molecular formula is C19H29NO4S. The van der Waals surface area contributed by atoms with Crippen LogP contribution in [0.5, 0.6) is 11.5 Å². The minimum absolute atomic E-state index is 0.147. The summed E-state index contributed by atoms with van der Waals surface area (Å²) in [4.78, 5) is 0. The first kappa shape index (κ1) is 18.5. The van der Waals surface area contributed by atoms with Crippen LogP contribution >= 0.6 is 0 Å². The smallest absolute Gasteiger partial charge is 0.214 e. The van der Waals surface area contributed by atoms with Crippen molar-refractivity contribution in [1.82, 2.24) is 4.31 Å². The van der Waals surface area contributed by atoms with Crippen LogP contribution in [0.1, 0.15) is 51.5 Å². The van der Waals surface area contributed by atoms with Gasteiger partial charge in [-0.1, -0.05) is 25.0 Å². The maximum absolute atomic E-state index is 12.5. The molecule has 0 spiro atoms. The molecule has 2 aliphatic rings. The van der Waals surface area contributed by atoms with E-state index in [1.54, 1.807) is 4.31 Å². The number of rotatable bonds is 6. The maximum Gasteiger partial charge on any atom is 0.214 e. The first-order chi connectivity index (χ1) is 11.9. The highest BCUT2D eigenvalue weighted by Gasteiger charge is 2.32. The van der Waals surface area contributed by atoms with E-state index in [0.29, 0.717) is 26.1 Å². The van der Waals surface area contributed by atoms with Crippen LogP contribution in [-0.4, -0.2) is 43.8 Å². The number of hydrogen-bond donors (Lipinski definition) is 0. The van der Waals surface area contributed by atoms with Crippen molar-refractivity contribution in [3.8, 4) is 11.5 Å². The van der Waals surface area contributed by atoms with E-state index in [-0.39, 0.29) is 11.4 Å². The van der Waals surface area contributed by atoms with Gasteiger partial charge in [-0.05, 0) is 39.2 Å². The molecule has 0 N–H and O–H groups in total. The van der Waals surface area contributed by atoms with Crippen LogP contribution < -0.4 is 9.47 Å². The van der Waals surface area contributed by atoms with Gasteiger partial charge in [-0.2, -0.15) is 0 Å². The second-order valence-corrected chi connectivity index (χ2v) is 9.70. The van der Waals surface area contributed by atoms with Gasteiger partial charge >= 0.3 is 0 Å². The lowest BCUT2D eigenvalue weighted by Crippen LogP contribution is -2.34. The third-order valence-electron chi connectivity index (χ3n) is 4.82. The Hall–Kier alpha value is -1.27. The summed E-state index contributed by atoms with van der Waals surface area (Å²) in [6.45, 7) is 5.83. The Labute approximate surface area is 151 Å². The van der Waals surface area contributed by atoms with Gasteiger partial charge in [-0.15, -0.1) is 0 Å². The number of para-hydroxylation sites is 1. The average molecular weight is 368 g/mol. The zero-order chi connectivity index (χ0) is 17.9. The molecule has 2 heterocycles. The lowest BCUT2D eigenvalue weighted by molar-refractivity contribution is 0.132. The summed E-state index contributed by atoms with van der Waals surface area (Å²) in [6, 6.07) is 5.91. The van der Waals surface area contributed by atoms with E-state index in [0.717, 1.165) is 49.2 Å². The van der Waals surface area contributed by atoms with Crippen molar-refractivity contribution in [3.63, 3.8) is 0 Å². The monoisotopic (exact) mass is 367 g/mol. The van der Waals surface area contributed by atoms with E-state index in [2.05, 4.69) is 19.9 Å². The molecule has 6 heteroatoms. The molecule has 0 radical (unpaired) electrons. The van der Waals surface area contributed by atoms with Crippen LogP contribution in [0, 0.1) is 0 Å². The molecular weight excluding hydrogens is 338 g/mol. The third-order valence-corrected chi connectivity index (χ3v) is 6.77. The second-order valence-electron chi connectivity index (χ2n) is 7.61. The average Bonchev–Trinajstić information content (AvgIpc) is 2.74. The van der Waals surface area contributed by atoms with Crippen molar-refractivity contribution in [2.45, 2.75) is 58.0 Å². The molecule has 1 saturated heterocycles. The van der Waals surface area contributed by atoms with Gasteiger partial charge in [0.25, 0.3) is 0 Å². The summed E-state index contributed by atoms with van der Waals surface area (Å²) >= 11 is 0. The maximum atomic E-state index is 12.5. The molecule has 5 nitrogen and oxygen atoms in total. The normalized spacial score (nSPS) is 20.6. The summed E-state index contributed by atoms with van der Waals surface area (Å²) in [6.07, 6.45) is 5.56. The second kappa shape index (κ2) is 7.54. The van der Waals surface area contributed by atoms with Gasteiger partial charge in [-0.3, -0.25) is 0 Å². The Kier molecular flexibility index (Phi) is 5.58. The summed E-state index contributed by atoms with van der Waals surface area (Å²) < 4.78 is 38.4. The molecule has 0 unspecified atom stereocenters. The predicted octanol–water partition coefficient (Wildman–Crippen LogP) is 3.37. The van der Waals surface area contributed by atoms with E-state index in [1.165, 1.54) is 0 Å². The molecule has 0 saturated carbocycles. The van der Waals surface area contributed by atoms with Crippen molar-refractivity contribution in [2.24, 2.45) is 0 Å². The van der Waals surface area contributed by atoms with Crippen LogP contribution in [0.3, 0.4) is 0 Å². The molecule has 3 rings (SSSR count). The fraction of sp³-hybridized carbons (Fsp3) is 0.684. The summed E-state index contributed by atoms with van der Waals surface area (Å²) in [5, 5.41) is 0. The quantitative estimate of drug-likeness (QED) is 0.724. The van der Waals surface area contributed by atoms with Crippen LogP contribution in [0.15, 0.2) is 18.2 Å². The van der Waals surface area contributed by atoms with E-state index in [1.807, 2.05) is 12.1 Å². The first-order valence-corrected chi connectivity index (χ1v) is 10.9. The Morgan fingerprint density at radius 3 is 2.60 bits per heavy atom. The van der Waals surface area contributed by atoms with Gasteiger partial charge < -0.3 is 9.47 Å². The highest BCUT2D eigenvalue weighted by Crippen LogP contribution is 2.41. The lowest BCUT2D eigenvalue weighted by atomic mass is 10.0. The Balaban J connectivity index is 1.52. The SMILES string of the molecule is CC1(C)Cc2cccc(OCCCS(=O)(=O)N3CCCCCC3)c2O1. The molecule has 2 aliphatic heterocycles.